The number of aromatic nitrogens is 4. The minimum absolute atomic E-state index is 0.0159. The number of fused-ring (bicyclic) bond motifs is 2. The van der Waals surface area contributed by atoms with E-state index >= 15 is 0 Å². The van der Waals surface area contributed by atoms with Crippen molar-refractivity contribution < 1.29 is 23.7 Å². The molecule has 3 aromatic carbocycles. The van der Waals surface area contributed by atoms with Gasteiger partial charge in [-0.3, -0.25) is 9.36 Å². The largest absolute Gasteiger partial charge is 0.358 e. The molecule has 4 heterocycles. The van der Waals surface area contributed by atoms with Crippen molar-refractivity contribution in [1.82, 2.24) is 19.5 Å². The normalized spacial score (nSPS) is 21.6. The highest BCUT2D eigenvalue weighted by molar-refractivity contribution is 6.94. The number of nitrogens with zero attached hydrogens (tertiary/aromatic N) is 4. The Morgan fingerprint density at radius 2 is 1.28 bits per heavy atom. The van der Waals surface area contributed by atoms with Crippen molar-refractivity contribution in [2.75, 3.05) is 6.61 Å². The summed E-state index contributed by atoms with van der Waals surface area (Å²) >= 11 is 6.79. The first-order valence-corrected chi connectivity index (χ1v) is 21.2. The second-order valence-electron chi connectivity index (χ2n) is 15.6. The summed E-state index contributed by atoms with van der Waals surface area (Å²) in [5, 5.41) is 0.132. The number of halogens is 1. The number of ether oxygens (including phenoxy) is 4. The van der Waals surface area contributed by atoms with Crippen molar-refractivity contribution in [2.24, 2.45) is 0 Å². The fourth-order valence-corrected chi connectivity index (χ4v) is 16.0. The highest BCUT2D eigenvalue weighted by atomic mass is 35.5. The molecule has 0 spiro atoms. The van der Waals surface area contributed by atoms with Gasteiger partial charge in [0, 0.05) is 0 Å². The molecule has 7 rings (SSSR count). The first-order chi connectivity index (χ1) is 25.3. The van der Waals surface area contributed by atoms with Crippen molar-refractivity contribution in [3.8, 4) is 0 Å². The number of hydrogen-bond acceptors (Lipinski definition) is 8. The highest BCUT2D eigenvalue weighted by Crippen LogP contribution is 2.48. The van der Waals surface area contributed by atoms with Gasteiger partial charge >= 0.3 is 0 Å². The van der Waals surface area contributed by atoms with Crippen LogP contribution in [0, 0.1) is 0 Å². The lowest BCUT2D eigenvalue weighted by Crippen LogP contribution is -2.60. The van der Waals surface area contributed by atoms with Crippen molar-refractivity contribution in [2.45, 2.75) is 108 Å². The topological polar surface area (TPSA) is 97.6 Å². The second-order valence-corrected chi connectivity index (χ2v) is 21.7. The summed E-state index contributed by atoms with van der Waals surface area (Å²) in [5.74, 6) is -0.914. The lowest BCUT2D eigenvalue weighted by atomic mass is 9.80. The molecule has 0 bridgehead atoms. The molecule has 4 atom stereocenters. The van der Waals surface area contributed by atoms with Crippen LogP contribution in [0.2, 0.25) is 21.8 Å². The third-order valence-electron chi connectivity index (χ3n) is 11.3. The summed E-state index contributed by atoms with van der Waals surface area (Å²) < 4.78 is 29.9. The van der Waals surface area contributed by atoms with Crippen LogP contribution < -0.4 is 5.45 Å². The Labute approximate surface area is 318 Å². The van der Waals surface area contributed by atoms with Gasteiger partial charge in [-0.05, 0) is 47.2 Å². The summed E-state index contributed by atoms with van der Waals surface area (Å²) in [4.78, 5) is 26.4. The third kappa shape index (κ3) is 6.27. The molecule has 278 valence electrons. The molecule has 0 saturated carbocycles. The van der Waals surface area contributed by atoms with Gasteiger partial charge in [-0.15, -0.1) is 0 Å². The van der Waals surface area contributed by atoms with E-state index in [9.17, 15) is 4.79 Å². The molecule has 0 unspecified atom stereocenters. The van der Waals surface area contributed by atoms with Gasteiger partial charge in [0.15, 0.2) is 34.9 Å². The van der Waals surface area contributed by atoms with Crippen LogP contribution >= 0.6 is 11.6 Å². The number of aldehydes is 1. The van der Waals surface area contributed by atoms with Crippen LogP contribution in [0.25, 0.3) is 11.2 Å². The fraction of sp³-hybridized carbons (Fsp3) is 0.429. The maximum absolute atomic E-state index is 12.1. The van der Waals surface area contributed by atoms with E-state index in [2.05, 4.69) is 87.5 Å². The fourth-order valence-electron chi connectivity index (χ4n) is 9.31. The SMILES string of the molecule is CC(C)[Si](c1nc2c(Cl)nc(C=O)nc2n1[C@@H]1O[C@H](COC(c2ccccc2)(c2ccccc2)c2ccccc2)[C@H]2OC(C)(C)O[C@H]21)(C(C)C)C(C)C. The number of rotatable bonds is 12. The smallest absolute Gasteiger partial charge is 0.196 e. The zero-order valence-electron chi connectivity index (χ0n) is 31.7. The van der Waals surface area contributed by atoms with E-state index < -0.39 is 44.0 Å². The number of hydrogen-bond donors (Lipinski definition) is 0. The third-order valence-corrected chi connectivity index (χ3v) is 18.4. The van der Waals surface area contributed by atoms with Crippen molar-refractivity contribution in [3.05, 3.63) is 119 Å². The molecule has 53 heavy (non-hydrogen) atoms. The van der Waals surface area contributed by atoms with Crippen LogP contribution in [-0.2, 0) is 24.5 Å². The van der Waals surface area contributed by atoms with E-state index in [0.717, 1.165) is 22.1 Å². The first-order valence-electron chi connectivity index (χ1n) is 18.6. The summed E-state index contributed by atoms with van der Waals surface area (Å²) in [6.07, 6.45) is -1.67. The van der Waals surface area contributed by atoms with Crippen LogP contribution in [0.4, 0.5) is 0 Å². The molecule has 2 aliphatic heterocycles. The molecular formula is C42H49ClN4O5Si. The Morgan fingerprint density at radius 3 is 1.75 bits per heavy atom. The molecule has 0 radical (unpaired) electrons. The predicted molar refractivity (Wildman–Crippen MR) is 209 cm³/mol. The van der Waals surface area contributed by atoms with Gasteiger partial charge in [0.1, 0.15) is 37.5 Å². The quantitative estimate of drug-likeness (QED) is 0.0541. The number of carbonyl (C=O) groups excluding carboxylic acids is 1. The van der Waals surface area contributed by atoms with E-state index in [1.54, 1.807) is 0 Å². The minimum Gasteiger partial charge on any atom is -0.358 e. The van der Waals surface area contributed by atoms with Crippen LogP contribution in [0.15, 0.2) is 91.0 Å². The lowest BCUT2D eigenvalue weighted by Gasteiger charge is -2.43. The molecule has 11 heteroatoms. The Hall–Kier alpha value is -3.77. The zero-order chi connectivity index (χ0) is 37.7. The minimum atomic E-state index is -2.50. The number of benzene rings is 3. The van der Waals surface area contributed by atoms with Gasteiger partial charge in [0.25, 0.3) is 0 Å². The van der Waals surface area contributed by atoms with Crippen LogP contribution in [0.3, 0.4) is 0 Å². The molecule has 9 nitrogen and oxygen atoms in total. The molecule has 5 aromatic rings. The number of carbonyl (C=O) groups is 1. The van der Waals surface area contributed by atoms with Crippen molar-refractivity contribution in [3.63, 3.8) is 0 Å². The van der Waals surface area contributed by atoms with Gasteiger partial charge in [-0.1, -0.05) is 144 Å². The summed E-state index contributed by atoms with van der Waals surface area (Å²) in [5.41, 5.74) is 4.70. The average Bonchev–Trinajstić information content (AvgIpc) is 3.78. The molecule has 0 amide bonds. The zero-order valence-corrected chi connectivity index (χ0v) is 33.5. The summed E-state index contributed by atoms with van der Waals surface area (Å²) in [7, 11) is -2.50. The van der Waals surface area contributed by atoms with E-state index in [1.165, 1.54) is 0 Å². The molecule has 0 aliphatic carbocycles. The summed E-state index contributed by atoms with van der Waals surface area (Å²) in [6, 6.07) is 30.9. The summed E-state index contributed by atoms with van der Waals surface area (Å²) in [6.45, 7) is 17.7. The number of imidazole rings is 1. The van der Waals surface area contributed by atoms with Gasteiger partial charge in [0.05, 0.1) is 12.1 Å². The molecular weight excluding hydrogens is 704 g/mol. The molecule has 2 aromatic heterocycles. The standard InChI is InChI=1S/C42H49ClN4O5Si/c1-26(2)53(27(3)4,28(5)6)40-46-34-37(43)44-33(24-48)45-38(34)47(40)39-36-35(51-41(7,8)52-36)32(50-39)25-49-42(29-18-12-9-13-19-29,30-20-14-10-15-21-30)31-22-16-11-17-23-31/h9-24,26-28,32,35-36,39H,25H2,1-8H3/t32-,35-,36-,39-/m1/s1. The molecule has 2 saturated heterocycles. The maximum Gasteiger partial charge on any atom is 0.196 e. The lowest BCUT2D eigenvalue weighted by molar-refractivity contribution is -0.204. The van der Waals surface area contributed by atoms with Gasteiger partial charge in [-0.2, -0.15) is 0 Å². The average molecular weight is 753 g/mol. The Bertz CT molecular complexity index is 1940. The van der Waals surface area contributed by atoms with Gasteiger partial charge in [-0.25, -0.2) is 15.0 Å². The first kappa shape index (κ1) is 37.5. The Kier molecular flexibility index (Phi) is 10.2. The highest BCUT2D eigenvalue weighted by Gasteiger charge is 2.59. The maximum atomic E-state index is 12.1. The van der Waals surface area contributed by atoms with Crippen LogP contribution in [-0.4, -0.2) is 64.6 Å². The Morgan fingerprint density at radius 1 is 0.792 bits per heavy atom. The van der Waals surface area contributed by atoms with E-state index in [-0.39, 0.29) is 17.6 Å². The van der Waals surface area contributed by atoms with Crippen LogP contribution in [0.1, 0.15) is 88.9 Å². The van der Waals surface area contributed by atoms with Gasteiger partial charge < -0.3 is 18.9 Å². The molecule has 0 N–H and O–H groups in total. The van der Waals surface area contributed by atoms with E-state index in [1.807, 2.05) is 68.4 Å². The van der Waals surface area contributed by atoms with Crippen LogP contribution in [0.5, 0.6) is 0 Å². The van der Waals surface area contributed by atoms with E-state index in [0.29, 0.717) is 34.1 Å². The Balaban J connectivity index is 1.39. The van der Waals surface area contributed by atoms with Gasteiger partial charge in [0.2, 0.25) is 0 Å². The van der Waals surface area contributed by atoms with Crippen molar-refractivity contribution >= 4 is 42.6 Å². The molecule has 2 fully saturated rings. The predicted octanol–water partition coefficient (Wildman–Crippen LogP) is 8.60. The van der Waals surface area contributed by atoms with E-state index in [4.69, 9.17) is 40.5 Å². The van der Waals surface area contributed by atoms with Crippen molar-refractivity contribution in [1.29, 1.82) is 0 Å². The molecule has 2 aliphatic rings. The second kappa shape index (κ2) is 14.5. The monoisotopic (exact) mass is 752 g/mol.